The second kappa shape index (κ2) is 5.47. The van der Waals surface area contributed by atoms with Crippen molar-refractivity contribution >= 4 is 26.7 Å². The highest BCUT2D eigenvalue weighted by atomic mass is 32.1. The van der Waals surface area contributed by atoms with E-state index in [9.17, 15) is 0 Å². The number of ether oxygens (including phenoxy) is 1. The van der Waals surface area contributed by atoms with Crippen molar-refractivity contribution < 1.29 is 4.74 Å². The number of nitrogens with one attached hydrogen (secondary N) is 1. The molecule has 2 atom stereocenters. The number of hydrogen-bond donors (Lipinski definition) is 1. The summed E-state index contributed by atoms with van der Waals surface area (Å²) in [5.41, 5.74) is 2.36. The molecule has 102 valence electrons. The van der Waals surface area contributed by atoms with Crippen LogP contribution in [0, 0.1) is 12.8 Å². The van der Waals surface area contributed by atoms with Gasteiger partial charge in [-0.15, -0.1) is 0 Å². The number of rotatable bonds is 4. The molecule has 1 aromatic carbocycles. The minimum Gasteiger partial charge on any atom is -0.378 e. The van der Waals surface area contributed by atoms with Gasteiger partial charge in [0.15, 0.2) is 5.13 Å². The minimum atomic E-state index is 0.420. The molecule has 0 radical (unpaired) electrons. The average Bonchev–Trinajstić information content (AvgIpc) is 3.01. The number of aryl methyl sites for hydroxylation is 1. The lowest BCUT2D eigenvalue weighted by Crippen LogP contribution is -2.22. The van der Waals surface area contributed by atoms with E-state index in [4.69, 9.17) is 4.74 Å². The van der Waals surface area contributed by atoms with Crippen LogP contribution in [0.25, 0.3) is 10.2 Å². The van der Waals surface area contributed by atoms with Gasteiger partial charge in [0.2, 0.25) is 0 Å². The summed E-state index contributed by atoms with van der Waals surface area (Å²) in [7, 11) is 0. The highest BCUT2D eigenvalue weighted by Gasteiger charge is 2.26. The van der Waals surface area contributed by atoms with E-state index in [-0.39, 0.29) is 0 Å². The molecule has 1 saturated heterocycles. The van der Waals surface area contributed by atoms with Crippen LogP contribution in [-0.4, -0.2) is 24.2 Å². The van der Waals surface area contributed by atoms with Gasteiger partial charge in [-0.1, -0.05) is 24.3 Å². The van der Waals surface area contributed by atoms with Crippen LogP contribution in [0.2, 0.25) is 0 Å². The zero-order valence-electron chi connectivity index (χ0n) is 11.5. The molecular weight excluding hydrogens is 256 g/mol. The molecule has 0 saturated carbocycles. The Morgan fingerprint density at radius 3 is 3.21 bits per heavy atom. The normalized spacial score (nSPS) is 23.1. The molecule has 4 heteroatoms. The second-order valence-electron chi connectivity index (χ2n) is 5.24. The third kappa shape index (κ3) is 2.74. The first-order valence-electron chi connectivity index (χ1n) is 6.99. The third-order valence-corrected chi connectivity index (χ3v) is 4.80. The Bertz CT molecular complexity index is 566. The van der Waals surface area contributed by atoms with Gasteiger partial charge >= 0.3 is 0 Å². The molecular formula is C15H20N2OS. The standard InChI is InChI=1S/C15H20N2OS/c1-3-13-11(6-7-18-13)9-16-15-17-12-8-10(2)4-5-14(12)19-15/h4-5,8,11,13H,3,6-7,9H2,1-2H3,(H,16,17). The van der Waals surface area contributed by atoms with Crippen LogP contribution in [-0.2, 0) is 4.74 Å². The lowest BCUT2D eigenvalue weighted by atomic mass is 10.00. The zero-order chi connectivity index (χ0) is 13.2. The van der Waals surface area contributed by atoms with Gasteiger partial charge < -0.3 is 10.1 Å². The molecule has 1 aromatic heterocycles. The number of benzene rings is 1. The van der Waals surface area contributed by atoms with Gasteiger partial charge in [-0.05, 0) is 37.5 Å². The first-order valence-corrected chi connectivity index (χ1v) is 7.80. The zero-order valence-corrected chi connectivity index (χ0v) is 12.3. The van der Waals surface area contributed by atoms with Gasteiger partial charge in [-0.3, -0.25) is 0 Å². The molecule has 0 amide bonds. The summed E-state index contributed by atoms with van der Waals surface area (Å²) in [4.78, 5) is 4.65. The van der Waals surface area contributed by atoms with Gasteiger partial charge in [0.1, 0.15) is 0 Å². The first kappa shape index (κ1) is 12.9. The van der Waals surface area contributed by atoms with Crippen LogP contribution in [0.3, 0.4) is 0 Å². The summed E-state index contributed by atoms with van der Waals surface area (Å²) in [6, 6.07) is 6.44. The quantitative estimate of drug-likeness (QED) is 0.921. The number of aromatic nitrogens is 1. The van der Waals surface area contributed by atoms with Crippen LogP contribution in [0.1, 0.15) is 25.3 Å². The molecule has 2 heterocycles. The number of thiazole rings is 1. The molecule has 3 rings (SSSR count). The van der Waals surface area contributed by atoms with E-state index in [1.54, 1.807) is 11.3 Å². The highest BCUT2D eigenvalue weighted by Crippen LogP contribution is 2.28. The van der Waals surface area contributed by atoms with E-state index in [1.807, 2.05) is 0 Å². The van der Waals surface area contributed by atoms with Crippen LogP contribution in [0.4, 0.5) is 5.13 Å². The third-order valence-electron chi connectivity index (χ3n) is 3.81. The fourth-order valence-electron chi connectivity index (χ4n) is 2.71. The number of anilines is 1. The Morgan fingerprint density at radius 2 is 2.37 bits per heavy atom. The summed E-state index contributed by atoms with van der Waals surface area (Å²) >= 11 is 1.74. The van der Waals surface area contributed by atoms with Crippen molar-refractivity contribution in [2.45, 2.75) is 32.8 Å². The summed E-state index contributed by atoms with van der Waals surface area (Å²) in [6.45, 7) is 6.18. The molecule has 19 heavy (non-hydrogen) atoms. The van der Waals surface area contributed by atoms with Gasteiger partial charge in [0, 0.05) is 19.1 Å². The van der Waals surface area contributed by atoms with Crippen LogP contribution in [0.15, 0.2) is 18.2 Å². The van der Waals surface area contributed by atoms with Gasteiger partial charge in [-0.25, -0.2) is 4.98 Å². The molecule has 2 aromatic rings. The smallest absolute Gasteiger partial charge is 0.183 e. The van der Waals surface area contributed by atoms with Crippen molar-refractivity contribution in [3.05, 3.63) is 23.8 Å². The maximum absolute atomic E-state index is 5.72. The van der Waals surface area contributed by atoms with E-state index < -0.39 is 0 Å². The van der Waals surface area contributed by atoms with Gasteiger partial charge in [0.25, 0.3) is 0 Å². The molecule has 3 nitrogen and oxygen atoms in total. The van der Waals surface area contributed by atoms with Crippen LogP contribution < -0.4 is 5.32 Å². The lowest BCUT2D eigenvalue weighted by Gasteiger charge is -2.16. The van der Waals surface area contributed by atoms with E-state index in [0.29, 0.717) is 12.0 Å². The van der Waals surface area contributed by atoms with Crippen molar-refractivity contribution in [2.75, 3.05) is 18.5 Å². The average molecular weight is 276 g/mol. The van der Waals surface area contributed by atoms with E-state index >= 15 is 0 Å². The van der Waals surface area contributed by atoms with E-state index in [1.165, 1.54) is 10.3 Å². The molecule has 1 aliphatic heterocycles. The van der Waals surface area contributed by atoms with Crippen molar-refractivity contribution in [2.24, 2.45) is 5.92 Å². The lowest BCUT2D eigenvalue weighted by molar-refractivity contribution is 0.0900. The molecule has 0 bridgehead atoms. The Hall–Kier alpha value is -1.13. The molecule has 2 unspecified atom stereocenters. The monoisotopic (exact) mass is 276 g/mol. The van der Waals surface area contributed by atoms with Gasteiger partial charge in [-0.2, -0.15) is 0 Å². The molecule has 1 N–H and O–H groups in total. The maximum Gasteiger partial charge on any atom is 0.183 e. The summed E-state index contributed by atoms with van der Waals surface area (Å²) in [5, 5.41) is 4.52. The Morgan fingerprint density at radius 1 is 1.47 bits per heavy atom. The fourth-order valence-corrected chi connectivity index (χ4v) is 3.56. The predicted octanol–water partition coefficient (Wildman–Crippen LogP) is 3.83. The van der Waals surface area contributed by atoms with Crippen molar-refractivity contribution in [3.63, 3.8) is 0 Å². The molecule has 1 fully saturated rings. The number of hydrogen-bond acceptors (Lipinski definition) is 4. The maximum atomic E-state index is 5.72. The second-order valence-corrected chi connectivity index (χ2v) is 6.27. The topological polar surface area (TPSA) is 34.1 Å². The SMILES string of the molecule is CCC1OCCC1CNc1nc2cc(C)ccc2s1. The van der Waals surface area contributed by atoms with E-state index in [2.05, 4.69) is 42.3 Å². The predicted molar refractivity (Wildman–Crippen MR) is 81.0 cm³/mol. The van der Waals surface area contributed by atoms with Crippen LogP contribution in [0.5, 0.6) is 0 Å². The van der Waals surface area contributed by atoms with Crippen molar-refractivity contribution in [1.29, 1.82) is 0 Å². The minimum absolute atomic E-state index is 0.420. The number of fused-ring (bicyclic) bond motifs is 1. The number of nitrogens with zero attached hydrogens (tertiary/aromatic N) is 1. The van der Waals surface area contributed by atoms with E-state index in [0.717, 1.165) is 36.6 Å². The van der Waals surface area contributed by atoms with Gasteiger partial charge in [0.05, 0.1) is 16.3 Å². The largest absolute Gasteiger partial charge is 0.378 e. The first-order chi connectivity index (χ1) is 9.26. The Balaban J connectivity index is 1.68. The van der Waals surface area contributed by atoms with Crippen molar-refractivity contribution in [1.82, 2.24) is 4.98 Å². The van der Waals surface area contributed by atoms with Crippen molar-refractivity contribution in [3.8, 4) is 0 Å². The molecule has 0 spiro atoms. The molecule has 1 aliphatic rings. The molecule has 0 aliphatic carbocycles. The Labute approximate surface area is 118 Å². The summed E-state index contributed by atoms with van der Waals surface area (Å²) < 4.78 is 6.97. The Kier molecular flexibility index (Phi) is 3.71. The summed E-state index contributed by atoms with van der Waals surface area (Å²) in [5.74, 6) is 0.624. The summed E-state index contributed by atoms with van der Waals surface area (Å²) in [6.07, 6.45) is 2.69. The highest BCUT2D eigenvalue weighted by molar-refractivity contribution is 7.22. The van der Waals surface area contributed by atoms with Crippen LogP contribution >= 0.6 is 11.3 Å². The fraction of sp³-hybridized carbons (Fsp3) is 0.533.